The Morgan fingerprint density at radius 1 is 0.980 bits per heavy atom. The number of allylic oxidation sites excluding steroid dienone is 2. The van der Waals surface area contributed by atoms with Crippen LogP contribution in [0.1, 0.15) is 132 Å². The van der Waals surface area contributed by atoms with Crippen molar-refractivity contribution < 1.29 is 33.1 Å². The molecule has 0 aliphatic heterocycles. The molecule has 0 bridgehead atoms. The summed E-state index contributed by atoms with van der Waals surface area (Å²) in [5.74, 6) is 1.45. The topological polar surface area (TPSA) is 133 Å². The van der Waals surface area contributed by atoms with Crippen molar-refractivity contribution in [1.82, 2.24) is 10.2 Å². The van der Waals surface area contributed by atoms with Gasteiger partial charge in [0.05, 0.1) is 23.5 Å². The van der Waals surface area contributed by atoms with E-state index in [1.165, 1.54) is 5.57 Å². The minimum atomic E-state index is -1.16. The van der Waals surface area contributed by atoms with E-state index in [0.29, 0.717) is 35.8 Å². The van der Waals surface area contributed by atoms with E-state index >= 15 is 0 Å². The highest BCUT2D eigenvalue weighted by Gasteiger charge is 2.71. The summed E-state index contributed by atoms with van der Waals surface area (Å²) in [6.07, 6.45) is 9.37. The molecule has 7 rings (SSSR count). The average Bonchev–Trinajstić information content (AvgIpc) is 3.78. The number of ketones is 1. The van der Waals surface area contributed by atoms with E-state index in [1.54, 1.807) is 20.1 Å². The fourth-order valence-corrected chi connectivity index (χ4v) is 12.6. The Morgan fingerprint density at radius 2 is 1.72 bits per heavy atom. The fourth-order valence-electron chi connectivity index (χ4n) is 12.6. The van der Waals surface area contributed by atoms with Gasteiger partial charge in [0.15, 0.2) is 11.5 Å². The third kappa shape index (κ3) is 4.79. The summed E-state index contributed by atoms with van der Waals surface area (Å²) in [6, 6.07) is 3.63. The van der Waals surface area contributed by atoms with Crippen molar-refractivity contribution in [2.24, 2.45) is 50.7 Å². The van der Waals surface area contributed by atoms with E-state index in [9.17, 15) is 19.5 Å². The Bertz CT molecular complexity index is 1730. The van der Waals surface area contributed by atoms with Crippen molar-refractivity contribution >= 4 is 17.7 Å². The molecular weight excluding hydrogens is 632 g/mol. The maximum atomic E-state index is 14.0. The smallest absolute Gasteiger partial charge is 0.309 e. The van der Waals surface area contributed by atoms with E-state index in [2.05, 4.69) is 58.7 Å². The highest BCUT2D eigenvalue weighted by atomic mass is 16.5. The molecular formula is C41H56N2O7. The quantitative estimate of drug-likeness (QED) is 0.283. The van der Waals surface area contributed by atoms with E-state index in [-0.39, 0.29) is 51.8 Å². The van der Waals surface area contributed by atoms with Gasteiger partial charge in [-0.15, -0.1) is 10.2 Å². The van der Waals surface area contributed by atoms with Gasteiger partial charge in [-0.05, 0) is 128 Å². The summed E-state index contributed by atoms with van der Waals surface area (Å²) in [6.45, 7) is 19.6. The highest BCUT2D eigenvalue weighted by Crippen LogP contribution is 2.76. The summed E-state index contributed by atoms with van der Waals surface area (Å²) in [5.41, 5.74) is 0.355. The number of esters is 1. The zero-order valence-electron chi connectivity index (χ0n) is 31.5. The largest absolute Gasteiger partial charge is 0.481 e. The number of rotatable bonds is 7. The molecule has 0 spiro atoms. The van der Waals surface area contributed by atoms with Gasteiger partial charge in [-0.25, -0.2) is 0 Å². The maximum absolute atomic E-state index is 14.0. The molecule has 0 saturated heterocycles. The van der Waals surface area contributed by atoms with Crippen LogP contribution in [0.2, 0.25) is 0 Å². The van der Waals surface area contributed by atoms with Gasteiger partial charge in [-0.3, -0.25) is 14.4 Å². The van der Waals surface area contributed by atoms with Gasteiger partial charge in [0.1, 0.15) is 6.10 Å². The van der Waals surface area contributed by atoms with Crippen LogP contribution in [0.5, 0.6) is 0 Å². The minimum Gasteiger partial charge on any atom is -0.481 e. The Kier molecular flexibility index (Phi) is 8.01. The highest BCUT2D eigenvalue weighted by molar-refractivity contribution is 6.01. The molecule has 9 nitrogen and oxygen atoms in total. The number of aromatic nitrogens is 2. The number of fused-ring (bicyclic) bond motifs is 7. The molecule has 272 valence electrons. The summed E-state index contributed by atoms with van der Waals surface area (Å²) >= 11 is 0. The molecule has 0 aromatic carbocycles. The van der Waals surface area contributed by atoms with Crippen molar-refractivity contribution in [1.29, 1.82) is 0 Å². The van der Waals surface area contributed by atoms with Crippen LogP contribution in [0, 0.1) is 50.7 Å². The zero-order chi connectivity index (χ0) is 36.2. The standard InChI is InChI=1S/C41H56N2O7/c1-23(2)31-25(44)21-41(34-43-42-33(50-34)26-11-10-20-48-26)19-18-39(8)24(32(31)41)12-13-28-38(7)16-15-29(49-30(45)22-36(3,4)35(46)47)37(5,6)27(38)14-17-40(28,39)9/h10-11,20,23-24,27-29H,12-19,21-22H2,1-9H3,(H,46,47)/t24-,27+,28?,29+,38+,39-,40-,41-/m1/s1. The van der Waals surface area contributed by atoms with Crippen LogP contribution < -0.4 is 0 Å². The van der Waals surface area contributed by atoms with E-state index in [1.807, 2.05) is 12.1 Å². The molecule has 5 aliphatic rings. The molecule has 0 radical (unpaired) electrons. The molecule has 4 saturated carbocycles. The van der Waals surface area contributed by atoms with Crippen LogP contribution in [0.4, 0.5) is 0 Å². The van der Waals surface area contributed by atoms with Crippen molar-refractivity contribution in [3.05, 3.63) is 35.4 Å². The van der Waals surface area contributed by atoms with Crippen molar-refractivity contribution in [3.63, 3.8) is 0 Å². The van der Waals surface area contributed by atoms with Gasteiger partial charge in [0.2, 0.25) is 5.89 Å². The number of ether oxygens (including phenoxy) is 1. The second-order valence-corrected chi connectivity index (χ2v) is 18.9. The average molecular weight is 689 g/mol. The van der Waals surface area contributed by atoms with Gasteiger partial charge in [-0.2, -0.15) is 0 Å². The van der Waals surface area contributed by atoms with Crippen LogP contribution in [-0.4, -0.2) is 39.1 Å². The first kappa shape index (κ1) is 35.2. The molecule has 1 N–H and O–H groups in total. The zero-order valence-corrected chi connectivity index (χ0v) is 31.5. The van der Waals surface area contributed by atoms with Crippen molar-refractivity contribution in [2.75, 3.05) is 0 Å². The number of carbonyl (C=O) groups excluding carboxylic acids is 2. The number of nitrogens with zero attached hydrogens (tertiary/aromatic N) is 2. The molecule has 5 aliphatic carbocycles. The van der Waals surface area contributed by atoms with Crippen molar-refractivity contribution in [3.8, 4) is 11.7 Å². The minimum absolute atomic E-state index is 0.0206. The lowest BCUT2D eigenvalue weighted by Gasteiger charge is -2.72. The predicted molar refractivity (Wildman–Crippen MR) is 187 cm³/mol. The Hall–Kier alpha value is -3.23. The van der Waals surface area contributed by atoms with Gasteiger partial charge in [-0.1, -0.05) is 48.5 Å². The number of carboxylic acids is 1. The number of furan rings is 1. The number of Topliss-reactive ketones (excluding diaryl/α,β-unsaturated/α-hetero) is 1. The first-order chi connectivity index (χ1) is 23.3. The number of carboxylic acid groups (broad SMARTS) is 1. The number of hydrogen-bond donors (Lipinski definition) is 1. The van der Waals surface area contributed by atoms with Crippen LogP contribution in [-0.2, 0) is 24.5 Å². The van der Waals surface area contributed by atoms with Crippen LogP contribution in [0.3, 0.4) is 0 Å². The molecule has 2 aromatic rings. The van der Waals surface area contributed by atoms with Gasteiger partial charge < -0.3 is 18.7 Å². The monoisotopic (exact) mass is 688 g/mol. The van der Waals surface area contributed by atoms with Gasteiger partial charge in [0.25, 0.3) is 5.89 Å². The number of hydrogen-bond acceptors (Lipinski definition) is 8. The molecule has 9 heteroatoms. The lowest BCUT2D eigenvalue weighted by Crippen LogP contribution is -2.66. The molecule has 4 fully saturated rings. The summed E-state index contributed by atoms with van der Waals surface area (Å²) < 4.78 is 18.2. The maximum Gasteiger partial charge on any atom is 0.309 e. The van der Waals surface area contributed by atoms with Crippen molar-refractivity contribution in [2.45, 2.75) is 138 Å². The predicted octanol–water partition coefficient (Wildman–Crippen LogP) is 8.97. The van der Waals surface area contributed by atoms with E-state index in [4.69, 9.17) is 13.6 Å². The molecule has 2 heterocycles. The molecule has 1 unspecified atom stereocenters. The lowest BCUT2D eigenvalue weighted by atomic mass is 9.33. The Balaban J connectivity index is 1.21. The second-order valence-electron chi connectivity index (χ2n) is 18.9. The summed E-state index contributed by atoms with van der Waals surface area (Å²) in [7, 11) is 0. The number of carbonyl (C=O) groups is 3. The molecule has 2 aromatic heterocycles. The van der Waals surface area contributed by atoms with Gasteiger partial charge in [0, 0.05) is 11.8 Å². The fraction of sp³-hybridized carbons (Fsp3) is 0.732. The van der Waals surface area contributed by atoms with Crippen LogP contribution >= 0.6 is 0 Å². The summed E-state index contributed by atoms with van der Waals surface area (Å²) in [5, 5.41) is 18.6. The Morgan fingerprint density at radius 3 is 2.38 bits per heavy atom. The third-order valence-electron chi connectivity index (χ3n) is 15.4. The second kappa shape index (κ2) is 11.4. The molecule has 8 atom stereocenters. The normalized spacial score (nSPS) is 37.9. The first-order valence-electron chi connectivity index (χ1n) is 18.9. The number of aliphatic carboxylic acids is 1. The van der Waals surface area contributed by atoms with Gasteiger partial charge >= 0.3 is 11.9 Å². The summed E-state index contributed by atoms with van der Waals surface area (Å²) in [4.78, 5) is 38.8. The first-order valence-corrected chi connectivity index (χ1v) is 18.9. The van der Waals surface area contributed by atoms with Crippen LogP contribution in [0.25, 0.3) is 11.7 Å². The lowest BCUT2D eigenvalue weighted by molar-refractivity contribution is -0.232. The van der Waals surface area contributed by atoms with E-state index in [0.717, 1.165) is 56.9 Å². The SMILES string of the molecule is CC(C)C1=C2[C@H]3CCC4[C@@]5(C)CC[C@H](OC(=O)CC(C)(C)C(=O)O)C(C)(C)[C@@H]5CC[C@@]4(C)[C@]3(C)CC[C@@]2(c2nnc(-c3ccco3)o2)CC1=O. The van der Waals surface area contributed by atoms with Crippen LogP contribution in [0.15, 0.2) is 38.4 Å². The molecule has 50 heavy (non-hydrogen) atoms. The third-order valence-corrected chi connectivity index (χ3v) is 15.4. The van der Waals surface area contributed by atoms with E-state index < -0.39 is 22.8 Å². The molecule has 0 amide bonds. The Labute approximate surface area is 296 Å².